The summed E-state index contributed by atoms with van der Waals surface area (Å²) in [5.74, 6) is -5.64. The molecule has 0 amide bonds. The summed E-state index contributed by atoms with van der Waals surface area (Å²) in [4.78, 5) is 86.3. The van der Waals surface area contributed by atoms with Gasteiger partial charge < -0.3 is 52.1 Å². The van der Waals surface area contributed by atoms with Crippen LogP contribution in [0.2, 0.25) is 0 Å². The molecule has 0 spiro atoms. The van der Waals surface area contributed by atoms with E-state index in [4.69, 9.17) is 52.1 Å². The van der Waals surface area contributed by atoms with E-state index in [0.717, 1.165) is 74.1 Å². The van der Waals surface area contributed by atoms with Crippen molar-refractivity contribution in [1.29, 1.82) is 0 Å². The molecule has 0 aliphatic carbocycles. The van der Waals surface area contributed by atoms with Crippen LogP contribution in [-0.4, -0.2) is 123 Å². The maximum atomic E-state index is 12.7. The van der Waals surface area contributed by atoms with Crippen LogP contribution in [0.3, 0.4) is 0 Å². The van der Waals surface area contributed by atoms with E-state index in [1.165, 1.54) is 70.6 Å². The molecule has 2 saturated heterocycles. The number of carbonyl (C=O) groups excluding carboxylic acids is 7. The fourth-order valence-electron chi connectivity index (χ4n) is 7.46. The number of hydrogen-bond donors (Lipinski definition) is 0. The molecule has 0 saturated carbocycles. The molecule has 0 aromatic heterocycles. The predicted octanol–water partition coefficient (Wildman–Crippen LogP) is 5.88. The van der Waals surface area contributed by atoms with Crippen LogP contribution < -0.4 is 0 Å². The second kappa shape index (κ2) is 30.3. The molecule has 2 aliphatic rings. The van der Waals surface area contributed by atoms with Gasteiger partial charge in [0.25, 0.3) is 0 Å². The van der Waals surface area contributed by atoms with Gasteiger partial charge in [-0.15, -0.1) is 0 Å². The van der Waals surface area contributed by atoms with E-state index < -0.39 is 116 Å². The third kappa shape index (κ3) is 21.5. The lowest BCUT2D eigenvalue weighted by atomic mass is 9.96. The van der Waals surface area contributed by atoms with Crippen LogP contribution in [0.25, 0.3) is 0 Å². The molecule has 0 radical (unpaired) electrons. The number of rotatable bonds is 29. The lowest BCUT2D eigenvalue weighted by molar-refractivity contribution is -0.361. The summed E-state index contributed by atoms with van der Waals surface area (Å²) in [7, 11) is 0. The zero-order chi connectivity index (χ0) is 46.0. The van der Waals surface area contributed by atoms with E-state index >= 15 is 0 Å². The Morgan fingerprint density at radius 2 is 0.694 bits per heavy atom. The van der Waals surface area contributed by atoms with Crippen molar-refractivity contribution in [2.45, 2.75) is 220 Å². The van der Waals surface area contributed by atoms with E-state index in [9.17, 15) is 33.6 Å². The summed E-state index contributed by atoms with van der Waals surface area (Å²) >= 11 is 0. The summed E-state index contributed by atoms with van der Waals surface area (Å²) in [6.45, 7) is 9.11. The number of hydrogen-bond acceptors (Lipinski definition) is 18. The Bertz CT molecular complexity index is 1390. The molecule has 2 aliphatic heterocycles. The highest BCUT2D eigenvalue weighted by atomic mass is 16.8. The Kier molecular flexibility index (Phi) is 26.5. The van der Waals surface area contributed by atoms with Gasteiger partial charge in [-0.2, -0.15) is 0 Å². The van der Waals surface area contributed by atoms with Crippen molar-refractivity contribution in [3.8, 4) is 0 Å². The van der Waals surface area contributed by atoms with Gasteiger partial charge in [-0.1, -0.05) is 103 Å². The molecular formula is C44H72O18. The zero-order valence-corrected chi connectivity index (χ0v) is 38.1. The first-order valence-electron chi connectivity index (χ1n) is 22.2. The first-order chi connectivity index (χ1) is 29.5. The van der Waals surface area contributed by atoms with E-state index in [1.54, 1.807) is 0 Å². The molecule has 62 heavy (non-hydrogen) atoms. The van der Waals surface area contributed by atoms with Crippen molar-refractivity contribution >= 4 is 41.8 Å². The van der Waals surface area contributed by atoms with Gasteiger partial charge in [-0.25, -0.2) is 0 Å². The highest BCUT2D eigenvalue weighted by molar-refractivity contribution is 5.69. The Morgan fingerprint density at radius 3 is 1.10 bits per heavy atom. The number of esters is 7. The Hall–Kier alpha value is -3.87. The van der Waals surface area contributed by atoms with Crippen LogP contribution in [0.1, 0.15) is 158 Å². The summed E-state index contributed by atoms with van der Waals surface area (Å²) < 4.78 is 63.2. The summed E-state index contributed by atoms with van der Waals surface area (Å²) in [6.07, 6.45) is 4.04. The summed E-state index contributed by atoms with van der Waals surface area (Å²) in [5, 5.41) is 0. The molecule has 0 aromatic carbocycles. The van der Waals surface area contributed by atoms with Crippen molar-refractivity contribution in [2.75, 3.05) is 19.8 Å². The number of ether oxygens (including phenoxy) is 11. The van der Waals surface area contributed by atoms with Gasteiger partial charge in [0.2, 0.25) is 0 Å². The number of carbonyl (C=O) groups is 7. The maximum Gasteiger partial charge on any atom is 0.303 e. The van der Waals surface area contributed by atoms with Crippen molar-refractivity contribution < 1.29 is 85.7 Å². The Morgan fingerprint density at radius 1 is 0.371 bits per heavy atom. The minimum absolute atomic E-state index is 0.180. The molecule has 0 aromatic rings. The van der Waals surface area contributed by atoms with Gasteiger partial charge in [0.05, 0.1) is 0 Å². The lowest BCUT2D eigenvalue weighted by Crippen LogP contribution is -2.67. The Labute approximate surface area is 366 Å². The van der Waals surface area contributed by atoms with E-state index in [-0.39, 0.29) is 6.61 Å². The molecule has 1 unspecified atom stereocenters. The largest absolute Gasteiger partial charge is 0.463 e. The van der Waals surface area contributed by atoms with Crippen molar-refractivity contribution in [3.63, 3.8) is 0 Å². The minimum atomic E-state index is -1.76. The molecule has 18 heteroatoms. The maximum absolute atomic E-state index is 12.7. The van der Waals surface area contributed by atoms with Crippen molar-refractivity contribution in [3.05, 3.63) is 0 Å². The second-order valence-corrected chi connectivity index (χ2v) is 15.8. The third-order valence-electron chi connectivity index (χ3n) is 10.2. The standard InChI is InChI=1S/C44H72O18/c1-9-10-11-12-13-14-15-16-17-18-19-20-21-22-23-24-25-52-43-41(58-33(7)50)40(57-32(6)49)38(36(60-43)27-54-29(3)46)62-44-42(59-34(8)51)39(56-31(5)48)37(55-30(4)47)35(61-44)26-53-28(2)45/h35-44H,9-27H2,1-8H3/t35-,36-,37-,38-,39+,40+,41-,42-,43?,44+/m1/s1. The molecule has 10 atom stereocenters. The molecule has 2 rings (SSSR count). The van der Waals surface area contributed by atoms with Crippen LogP contribution >= 0.6 is 0 Å². The summed E-state index contributed by atoms with van der Waals surface area (Å²) in [6, 6.07) is 0. The molecule has 2 fully saturated rings. The van der Waals surface area contributed by atoms with Crippen LogP contribution in [0.5, 0.6) is 0 Å². The van der Waals surface area contributed by atoms with E-state index in [0.29, 0.717) is 6.42 Å². The zero-order valence-electron chi connectivity index (χ0n) is 38.1. The van der Waals surface area contributed by atoms with Crippen molar-refractivity contribution in [1.82, 2.24) is 0 Å². The van der Waals surface area contributed by atoms with Crippen LogP contribution in [-0.2, 0) is 85.7 Å². The fraction of sp³-hybridized carbons (Fsp3) is 0.841. The molecule has 0 N–H and O–H groups in total. The van der Waals surface area contributed by atoms with Gasteiger partial charge in [0, 0.05) is 55.1 Å². The summed E-state index contributed by atoms with van der Waals surface area (Å²) in [5.41, 5.74) is 0. The van der Waals surface area contributed by atoms with Crippen LogP contribution in [0.4, 0.5) is 0 Å². The average Bonchev–Trinajstić information content (AvgIpc) is 3.17. The Balaban J connectivity index is 2.26. The molecular weight excluding hydrogens is 816 g/mol. The van der Waals surface area contributed by atoms with Gasteiger partial charge in [-0.05, 0) is 6.42 Å². The molecule has 0 bridgehead atoms. The quantitative estimate of drug-likeness (QED) is 0.0486. The number of unbranched alkanes of at least 4 members (excludes halogenated alkanes) is 15. The SMILES string of the molecule is CCCCCCCCCCCCCCCCCCOC1O[C@H](COC(C)=O)[C@@H](O[C@@H]2O[C@H](COC(C)=O)[C@@H](OC(C)=O)[C@H](OC(C)=O)[C@H]2OC(C)=O)[C@H](OC(C)=O)[C@H]1OC(C)=O. The van der Waals surface area contributed by atoms with Gasteiger partial charge >= 0.3 is 41.8 Å². The normalized spacial score (nSPS) is 25.8. The minimum Gasteiger partial charge on any atom is -0.463 e. The van der Waals surface area contributed by atoms with Gasteiger partial charge in [0.1, 0.15) is 31.5 Å². The predicted molar refractivity (Wildman–Crippen MR) is 219 cm³/mol. The van der Waals surface area contributed by atoms with Gasteiger partial charge in [0.15, 0.2) is 43.1 Å². The molecule has 18 nitrogen and oxygen atoms in total. The highest BCUT2D eigenvalue weighted by Crippen LogP contribution is 2.35. The third-order valence-corrected chi connectivity index (χ3v) is 10.2. The average molecular weight is 889 g/mol. The molecule has 356 valence electrons. The molecule has 2 heterocycles. The van der Waals surface area contributed by atoms with E-state index in [1.807, 2.05) is 0 Å². The van der Waals surface area contributed by atoms with Crippen molar-refractivity contribution in [2.24, 2.45) is 0 Å². The monoisotopic (exact) mass is 888 g/mol. The highest BCUT2D eigenvalue weighted by Gasteiger charge is 2.57. The first kappa shape index (κ1) is 54.3. The second-order valence-electron chi connectivity index (χ2n) is 15.8. The smallest absolute Gasteiger partial charge is 0.303 e. The topological polar surface area (TPSA) is 221 Å². The van der Waals surface area contributed by atoms with Crippen LogP contribution in [0.15, 0.2) is 0 Å². The first-order valence-corrected chi connectivity index (χ1v) is 22.2. The lowest BCUT2D eigenvalue weighted by Gasteiger charge is -2.48. The van der Waals surface area contributed by atoms with Crippen LogP contribution in [0, 0.1) is 0 Å². The van der Waals surface area contributed by atoms with E-state index in [2.05, 4.69) is 6.92 Å². The van der Waals surface area contributed by atoms with Gasteiger partial charge in [-0.3, -0.25) is 33.6 Å². The fourth-order valence-corrected chi connectivity index (χ4v) is 7.46.